The number of aromatic nitrogens is 2. The molecule has 3 aromatic rings. The van der Waals surface area contributed by atoms with E-state index in [0.29, 0.717) is 21.3 Å². The number of hydrazone groups is 1. The molecule has 0 bridgehead atoms. The highest BCUT2D eigenvalue weighted by molar-refractivity contribution is 7.15. The van der Waals surface area contributed by atoms with Crippen LogP contribution in [0.15, 0.2) is 59.7 Å². The number of nitrogens with zero attached hydrogens (tertiary/aromatic N) is 3. The molecule has 0 radical (unpaired) electrons. The Hall–Kier alpha value is -3.46. The third kappa shape index (κ3) is 5.51. The zero-order valence-corrected chi connectivity index (χ0v) is 14.7. The van der Waals surface area contributed by atoms with E-state index in [2.05, 4.69) is 26.0 Å². The summed E-state index contributed by atoms with van der Waals surface area (Å²) in [5.41, 5.74) is 3.51. The SMILES string of the molecule is O=C(Cc1nnc(NC(=O)c2ccccc2)s1)N/N=C\c1ccc(F)cc1. The Morgan fingerprint density at radius 3 is 2.56 bits per heavy atom. The minimum atomic E-state index is -0.384. The first kappa shape index (κ1) is 18.3. The minimum absolute atomic E-state index is 0.0281. The monoisotopic (exact) mass is 383 g/mol. The predicted molar refractivity (Wildman–Crippen MR) is 100 cm³/mol. The van der Waals surface area contributed by atoms with Crippen LogP contribution >= 0.6 is 11.3 Å². The predicted octanol–water partition coefficient (Wildman–Crippen LogP) is 2.62. The summed E-state index contributed by atoms with van der Waals surface area (Å²) in [7, 11) is 0. The fourth-order valence-electron chi connectivity index (χ4n) is 2.04. The van der Waals surface area contributed by atoms with Gasteiger partial charge in [-0.1, -0.05) is 41.7 Å². The maximum atomic E-state index is 12.8. The average molecular weight is 383 g/mol. The highest BCUT2D eigenvalue weighted by Gasteiger charge is 2.12. The molecule has 0 aliphatic heterocycles. The highest BCUT2D eigenvalue weighted by Crippen LogP contribution is 2.16. The molecule has 9 heteroatoms. The van der Waals surface area contributed by atoms with E-state index < -0.39 is 0 Å². The summed E-state index contributed by atoms with van der Waals surface area (Å²) in [6, 6.07) is 14.4. The third-order valence-electron chi connectivity index (χ3n) is 3.31. The first-order chi connectivity index (χ1) is 13.1. The van der Waals surface area contributed by atoms with Gasteiger partial charge in [-0.05, 0) is 29.8 Å². The van der Waals surface area contributed by atoms with E-state index in [4.69, 9.17) is 0 Å². The Morgan fingerprint density at radius 1 is 1.07 bits per heavy atom. The van der Waals surface area contributed by atoms with Crippen molar-refractivity contribution in [2.75, 3.05) is 5.32 Å². The number of halogens is 1. The molecule has 27 heavy (non-hydrogen) atoms. The van der Waals surface area contributed by atoms with Gasteiger partial charge >= 0.3 is 0 Å². The number of hydrogen-bond acceptors (Lipinski definition) is 6. The van der Waals surface area contributed by atoms with Crippen LogP contribution in [0, 0.1) is 5.82 Å². The van der Waals surface area contributed by atoms with Crippen molar-refractivity contribution in [2.45, 2.75) is 6.42 Å². The molecule has 0 saturated carbocycles. The van der Waals surface area contributed by atoms with Gasteiger partial charge in [-0.2, -0.15) is 5.10 Å². The van der Waals surface area contributed by atoms with Crippen molar-refractivity contribution >= 4 is 34.5 Å². The molecule has 3 rings (SSSR count). The lowest BCUT2D eigenvalue weighted by Crippen LogP contribution is -2.19. The number of benzene rings is 2. The summed E-state index contributed by atoms with van der Waals surface area (Å²) >= 11 is 1.11. The van der Waals surface area contributed by atoms with Gasteiger partial charge in [0.25, 0.3) is 5.91 Å². The summed E-state index contributed by atoms with van der Waals surface area (Å²) in [5, 5.41) is 14.9. The van der Waals surface area contributed by atoms with Crippen LogP contribution in [0.1, 0.15) is 20.9 Å². The second kappa shape index (κ2) is 8.77. The topological polar surface area (TPSA) is 96.3 Å². The molecule has 0 unspecified atom stereocenters. The van der Waals surface area contributed by atoms with Crippen LogP contribution in [0.4, 0.5) is 9.52 Å². The number of nitrogens with one attached hydrogen (secondary N) is 2. The van der Waals surface area contributed by atoms with Gasteiger partial charge in [0.15, 0.2) is 0 Å². The minimum Gasteiger partial charge on any atom is -0.296 e. The molecule has 2 amide bonds. The van der Waals surface area contributed by atoms with E-state index in [1.807, 2.05) is 6.07 Å². The Labute approximate surface area is 158 Å². The van der Waals surface area contributed by atoms with E-state index >= 15 is 0 Å². The van der Waals surface area contributed by atoms with Gasteiger partial charge in [0.1, 0.15) is 10.8 Å². The molecule has 0 fully saturated rings. The quantitative estimate of drug-likeness (QED) is 0.505. The Bertz CT molecular complexity index is 957. The summed E-state index contributed by atoms with van der Waals surface area (Å²) in [4.78, 5) is 23.9. The van der Waals surface area contributed by atoms with Crippen molar-refractivity contribution in [2.24, 2.45) is 5.10 Å². The van der Waals surface area contributed by atoms with Crippen LogP contribution in [0.2, 0.25) is 0 Å². The van der Waals surface area contributed by atoms with Gasteiger partial charge in [0.2, 0.25) is 11.0 Å². The van der Waals surface area contributed by atoms with Crippen LogP contribution in [0.5, 0.6) is 0 Å². The molecular weight excluding hydrogens is 369 g/mol. The molecule has 0 aliphatic rings. The number of rotatable bonds is 6. The second-order valence-electron chi connectivity index (χ2n) is 5.34. The first-order valence-corrected chi connectivity index (χ1v) is 8.68. The number of anilines is 1. The van der Waals surface area contributed by atoms with Crippen LogP contribution in [-0.4, -0.2) is 28.2 Å². The van der Waals surface area contributed by atoms with E-state index in [9.17, 15) is 14.0 Å². The lowest BCUT2D eigenvalue weighted by Gasteiger charge is -1.99. The van der Waals surface area contributed by atoms with Crippen LogP contribution < -0.4 is 10.7 Å². The lowest BCUT2D eigenvalue weighted by atomic mass is 10.2. The zero-order chi connectivity index (χ0) is 19.1. The van der Waals surface area contributed by atoms with Crippen LogP contribution in [-0.2, 0) is 11.2 Å². The highest BCUT2D eigenvalue weighted by atomic mass is 32.1. The summed E-state index contributed by atoms with van der Waals surface area (Å²) < 4.78 is 12.8. The van der Waals surface area contributed by atoms with Gasteiger partial charge in [0.05, 0.1) is 12.6 Å². The van der Waals surface area contributed by atoms with E-state index in [-0.39, 0.29) is 24.1 Å². The largest absolute Gasteiger partial charge is 0.296 e. The van der Waals surface area contributed by atoms with Crippen LogP contribution in [0.3, 0.4) is 0 Å². The molecule has 136 valence electrons. The molecule has 7 nitrogen and oxygen atoms in total. The van der Waals surface area contributed by atoms with Gasteiger partial charge in [-0.3, -0.25) is 14.9 Å². The van der Waals surface area contributed by atoms with Crippen molar-refractivity contribution < 1.29 is 14.0 Å². The van der Waals surface area contributed by atoms with Gasteiger partial charge in [0, 0.05) is 5.56 Å². The van der Waals surface area contributed by atoms with E-state index in [1.165, 1.54) is 30.5 Å². The Balaban J connectivity index is 1.50. The molecule has 0 spiro atoms. The van der Waals surface area contributed by atoms with Gasteiger partial charge in [-0.15, -0.1) is 10.2 Å². The maximum Gasteiger partial charge on any atom is 0.257 e. The smallest absolute Gasteiger partial charge is 0.257 e. The molecule has 0 saturated heterocycles. The summed E-state index contributed by atoms with van der Waals surface area (Å²) in [6.45, 7) is 0. The fourth-order valence-corrected chi connectivity index (χ4v) is 2.77. The summed E-state index contributed by atoms with van der Waals surface area (Å²) in [6.07, 6.45) is 1.38. The molecule has 2 aromatic carbocycles. The van der Waals surface area contributed by atoms with Gasteiger partial charge < -0.3 is 0 Å². The Morgan fingerprint density at radius 2 is 1.81 bits per heavy atom. The van der Waals surface area contributed by atoms with E-state index in [1.54, 1.807) is 24.3 Å². The molecule has 1 heterocycles. The lowest BCUT2D eigenvalue weighted by molar-refractivity contribution is -0.120. The normalized spacial score (nSPS) is 10.7. The third-order valence-corrected chi connectivity index (χ3v) is 4.15. The molecule has 0 atom stereocenters. The number of hydrogen-bond donors (Lipinski definition) is 2. The standard InChI is InChI=1S/C18H14FN5O2S/c19-14-8-6-12(7-9-14)11-20-22-15(25)10-16-23-24-18(27-16)21-17(26)13-4-2-1-3-5-13/h1-9,11H,10H2,(H,22,25)(H,21,24,26)/b20-11-. The molecule has 0 aliphatic carbocycles. The average Bonchev–Trinajstić information content (AvgIpc) is 3.10. The number of amides is 2. The van der Waals surface area contributed by atoms with Crippen molar-refractivity contribution in [1.29, 1.82) is 0 Å². The van der Waals surface area contributed by atoms with E-state index in [0.717, 1.165) is 11.3 Å². The van der Waals surface area contributed by atoms with Crippen molar-refractivity contribution in [1.82, 2.24) is 15.6 Å². The number of carbonyl (C=O) groups excluding carboxylic acids is 2. The van der Waals surface area contributed by atoms with Crippen molar-refractivity contribution in [3.05, 3.63) is 76.5 Å². The summed E-state index contributed by atoms with van der Waals surface area (Å²) in [5.74, 6) is -1.03. The maximum absolute atomic E-state index is 12.8. The fraction of sp³-hybridized carbons (Fsp3) is 0.0556. The first-order valence-electron chi connectivity index (χ1n) is 7.86. The van der Waals surface area contributed by atoms with Crippen LogP contribution in [0.25, 0.3) is 0 Å². The van der Waals surface area contributed by atoms with Gasteiger partial charge in [-0.25, -0.2) is 9.82 Å². The molecular formula is C18H14FN5O2S. The number of carbonyl (C=O) groups is 2. The second-order valence-corrected chi connectivity index (χ2v) is 6.40. The molecule has 1 aromatic heterocycles. The zero-order valence-electron chi connectivity index (χ0n) is 13.9. The van der Waals surface area contributed by atoms with Crippen molar-refractivity contribution in [3.63, 3.8) is 0 Å². The van der Waals surface area contributed by atoms with Crippen molar-refractivity contribution in [3.8, 4) is 0 Å². The Kier molecular flexibility index (Phi) is 5.95. The molecule has 2 N–H and O–H groups in total.